The summed E-state index contributed by atoms with van der Waals surface area (Å²) >= 11 is -11.2. The zero-order chi connectivity index (χ0) is 63.7. The van der Waals surface area contributed by atoms with E-state index in [1.807, 2.05) is 0 Å². The van der Waals surface area contributed by atoms with Gasteiger partial charge in [-0.05, 0) is 168 Å². The van der Waals surface area contributed by atoms with Crippen LogP contribution in [0.1, 0.15) is 167 Å². The summed E-state index contributed by atoms with van der Waals surface area (Å²) < 4.78 is 141. The van der Waals surface area contributed by atoms with Crippen LogP contribution in [0.5, 0.6) is 0 Å². The van der Waals surface area contributed by atoms with Gasteiger partial charge in [-0.2, -0.15) is 0 Å². The summed E-state index contributed by atoms with van der Waals surface area (Å²) in [7, 11) is -3.00. The summed E-state index contributed by atoms with van der Waals surface area (Å²) in [4.78, 5) is 0. The Hall–Kier alpha value is -2.20. The van der Waals surface area contributed by atoms with Gasteiger partial charge in [0, 0.05) is 79.2 Å². The van der Waals surface area contributed by atoms with Gasteiger partial charge < -0.3 is 51.7 Å². The molecule has 5 aliphatic heterocycles. The number of allylic oxidation sites excluding steroid dienone is 4. The fraction of sp³-hybridized carbons (Fsp3) is 0.600. The number of fused-ring (bicyclic) bond motifs is 4. The van der Waals surface area contributed by atoms with Crippen molar-refractivity contribution in [3.63, 3.8) is 0 Å². The number of benzene rings is 4. The van der Waals surface area contributed by atoms with Gasteiger partial charge in [0.25, 0.3) is 0 Å². The van der Waals surface area contributed by atoms with Crippen LogP contribution in [0.25, 0.3) is 0 Å². The molecule has 3 saturated carbocycles. The molecular weight excluding hydrogens is 1420 g/mol. The van der Waals surface area contributed by atoms with E-state index in [0.29, 0.717) is 13.2 Å². The number of halogens is 6. The van der Waals surface area contributed by atoms with Crippen LogP contribution in [-0.2, 0) is 71.2 Å². The first-order valence-electron chi connectivity index (χ1n) is 32.7. The maximum atomic E-state index is 9.93. The van der Waals surface area contributed by atoms with Crippen LogP contribution in [0.2, 0.25) is 0 Å². The van der Waals surface area contributed by atoms with Gasteiger partial charge in [-0.3, -0.25) is 0 Å². The Morgan fingerprint density at radius 2 is 0.670 bits per heavy atom. The summed E-state index contributed by atoms with van der Waals surface area (Å²) in [6.07, 6.45) is 22.2. The summed E-state index contributed by atoms with van der Waals surface area (Å²) in [6.45, 7) is 18.0. The molecule has 5 saturated heterocycles. The minimum absolute atomic E-state index is 0. The quantitative estimate of drug-likeness (QED) is 0.0656. The molecule has 5 heterocycles. The third-order valence-corrected chi connectivity index (χ3v) is 22.1. The van der Waals surface area contributed by atoms with Crippen molar-refractivity contribution in [2.24, 2.45) is 0 Å². The Morgan fingerprint density at radius 1 is 0.374 bits per heavy atom. The molecule has 91 heavy (non-hydrogen) atoms. The molecule has 11 nitrogen and oxygen atoms in total. The Bertz CT molecular complexity index is 2980. The smallest absolute Gasteiger partial charge is 0 e. The van der Waals surface area contributed by atoms with Crippen molar-refractivity contribution >= 4 is 57.0 Å². The molecule has 0 aromatic heterocycles. The van der Waals surface area contributed by atoms with Gasteiger partial charge in [0.2, 0.25) is 0 Å². The average Bonchev–Trinajstić information content (AvgIpc) is 1.73. The molecule has 21 heteroatoms. The van der Waals surface area contributed by atoms with Crippen LogP contribution in [-0.4, -0.2) is 111 Å². The Labute approximate surface area is 552 Å². The Kier molecular flexibility index (Phi) is 22.9. The van der Waals surface area contributed by atoms with E-state index in [9.17, 15) is 16.9 Å². The van der Waals surface area contributed by atoms with Gasteiger partial charge in [0.05, 0.1) is 29.5 Å². The van der Waals surface area contributed by atoms with Crippen molar-refractivity contribution in [2.45, 2.75) is 256 Å². The molecule has 1 radical (unpaired) electrons. The number of hydrogen-bond donors (Lipinski definition) is 0. The average molecular weight is 1510 g/mol. The number of rotatable bonds is 10. The third kappa shape index (κ3) is 19.1. The van der Waals surface area contributed by atoms with Crippen LogP contribution in [0.15, 0.2) is 97.1 Å². The van der Waals surface area contributed by atoms with E-state index in [1.54, 1.807) is 0 Å². The molecule has 0 unspecified atom stereocenters. The van der Waals surface area contributed by atoms with Crippen molar-refractivity contribution in [2.75, 3.05) is 13.2 Å². The molecule has 10 atom stereocenters. The second-order valence-corrected chi connectivity index (χ2v) is 35.9. The van der Waals surface area contributed by atoms with E-state index >= 15 is 0 Å². The van der Waals surface area contributed by atoms with Crippen molar-refractivity contribution in [1.82, 2.24) is 0 Å². The zero-order valence-corrected chi connectivity index (χ0v) is 59.8. The summed E-state index contributed by atoms with van der Waals surface area (Å²) in [5.41, 5.74) is 9.42. The molecule has 0 N–H and O–H groups in total. The first-order chi connectivity index (χ1) is 42.6. The predicted octanol–water partition coefficient (Wildman–Crippen LogP) is 16.2. The van der Waals surface area contributed by atoms with Gasteiger partial charge in [0.15, 0.2) is 29.9 Å². The van der Waals surface area contributed by atoms with Crippen LogP contribution >= 0.6 is 16.3 Å². The van der Waals surface area contributed by atoms with E-state index in [0.717, 1.165) is 111 Å². The van der Waals surface area contributed by atoms with Gasteiger partial charge in [0.1, 0.15) is 48.8 Å². The van der Waals surface area contributed by atoms with Gasteiger partial charge >= 0.3 is 36.4 Å². The normalized spacial score (nSPS) is 30.5. The third-order valence-electron chi connectivity index (χ3n) is 18.3. The number of ether oxygens (including phenoxy) is 9. The minimum atomic E-state index is -11.2. The largest absolute Gasteiger partial charge is 0 e. The monoisotopic (exact) mass is 1510 g/mol. The second kappa shape index (κ2) is 29.1. The van der Waals surface area contributed by atoms with Crippen molar-refractivity contribution in [3.8, 4) is 0 Å². The summed E-state index contributed by atoms with van der Waals surface area (Å²) in [6, 6.07) is 27.2. The Morgan fingerprint density at radius 3 is 1.04 bits per heavy atom. The number of aryl methyl sites for hydroxylation is 8. The SMILES string of the molecule is C1=C\CC/C=C\CC/1.Cc1cc(C)cc(P(O[C@@H]2[C@@H](OP(c3cc(C)cc(C)c3)c3cc(C)cc(C)c3)[C@@H](O[C@H]3O[C@@H]4COC5(CCCCC5)O[C@H]4[C@@H]4OC5(CCCCC5)O[C@@H]34)O[C@@H]3COC4(CCCCC4)O[C@@H]23)c2cc(C)cc(C)c2)c1.[F][Sb-]([F])([F])([F])([F])[F].[Rh]. The van der Waals surface area contributed by atoms with E-state index in [1.165, 1.54) is 76.6 Å². The molecule has 4 aromatic rings. The maximum absolute atomic E-state index is 11.2. The van der Waals surface area contributed by atoms with E-state index < -0.39 is 108 Å². The fourth-order valence-electron chi connectivity index (χ4n) is 14.7. The molecule has 0 amide bonds. The molecule has 3 spiro atoms. The molecule has 9 aliphatic rings. The molecule has 0 bridgehead atoms. The molecule has 505 valence electrons. The molecular formula is C70H92F6O11P2RhSb-. The first kappa shape index (κ1) is 71.6. The van der Waals surface area contributed by atoms with Crippen molar-refractivity contribution < 1.29 is 88.0 Å². The summed E-state index contributed by atoms with van der Waals surface area (Å²) in [5, 5.41) is 4.46. The molecule has 4 aromatic carbocycles. The topological polar surface area (TPSA) is 102 Å². The number of hydrogen-bond acceptors (Lipinski definition) is 11. The molecule has 4 aliphatic carbocycles. The van der Waals surface area contributed by atoms with Gasteiger partial charge in [-0.25, -0.2) is 0 Å². The minimum Gasteiger partial charge on any atom is 0 e. The fourth-order valence-corrected chi connectivity index (χ4v) is 19.2. The van der Waals surface area contributed by atoms with Crippen LogP contribution in [0.4, 0.5) is 16.9 Å². The van der Waals surface area contributed by atoms with E-state index in [4.69, 9.17) is 51.7 Å². The Balaban J connectivity index is 0.000000504. The molecule has 13 rings (SSSR count). The first-order valence-corrected chi connectivity index (χ1v) is 41.0. The summed E-state index contributed by atoms with van der Waals surface area (Å²) in [5.74, 6) is -2.15. The van der Waals surface area contributed by atoms with E-state index in [2.05, 4.69) is 152 Å². The maximum Gasteiger partial charge on any atom is 0 e. The van der Waals surface area contributed by atoms with E-state index in [-0.39, 0.29) is 25.6 Å². The second-order valence-electron chi connectivity index (χ2n) is 26.8. The van der Waals surface area contributed by atoms with Crippen LogP contribution < -0.4 is 21.2 Å². The predicted molar refractivity (Wildman–Crippen MR) is 342 cm³/mol. The van der Waals surface area contributed by atoms with Crippen molar-refractivity contribution in [1.29, 1.82) is 0 Å². The van der Waals surface area contributed by atoms with Gasteiger partial charge in [-0.1, -0.05) is 112 Å². The standard InChI is InChI=1S/C62H80O11P2.C8H12.6FH.Rh.Sb/c1-38-24-39(2)29-46(28-38)74(47-30-40(3)25-41(4)31-47)72-55-53-51(37-64-61(69-53)20-14-10-15-21-61)66-59(57(55)73-75(48-32-42(5)26-43(6)33-48)49-34-44(7)27-45(8)35-49)67-58-56-54(70-62(71-56)22-16-11-17-23-62)52-50(65-58)36-63-60(68-52)18-12-9-13-19-60;1-2-4-6-8-7-5-3-1;;;;;;;;/h24-35,50-59H,9-23,36-37H2,1-8H3;1-2,7-8H,3-6H2;6*1H;;/q;;;;;;;;;+5/p-6/b;2-1-,8-7-;;;;;;;;/t50-,51-,52-,53-,54+,55+,56-,57-,58-,59-;;;;;;;;;/m1........./s1. The van der Waals surface area contributed by atoms with Crippen molar-refractivity contribution in [3.05, 3.63) is 142 Å². The zero-order valence-electron chi connectivity index (χ0n) is 53.8. The van der Waals surface area contributed by atoms with Crippen LogP contribution in [0.3, 0.4) is 0 Å². The van der Waals surface area contributed by atoms with Gasteiger partial charge in [-0.15, -0.1) is 0 Å². The molecule has 8 fully saturated rings. The van der Waals surface area contributed by atoms with Crippen LogP contribution in [0, 0.1) is 55.4 Å².